The summed E-state index contributed by atoms with van der Waals surface area (Å²) in [5.74, 6) is 0.0823. The minimum Gasteiger partial charge on any atom is -0.510 e. The molecule has 0 aliphatic carbocycles. The fourth-order valence-corrected chi connectivity index (χ4v) is 0.734. The van der Waals surface area contributed by atoms with Gasteiger partial charge in [0.25, 0.3) is 0 Å². The van der Waals surface area contributed by atoms with Gasteiger partial charge in [-0.15, -0.1) is 0 Å². The lowest BCUT2D eigenvalue weighted by molar-refractivity contribution is 0.0372. The normalized spacial score (nSPS) is 13.1. The minimum atomic E-state index is -1.00. The van der Waals surface area contributed by atoms with E-state index in [0.717, 1.165) is 0 Å². The SMILES string of the molecule is C=C(NC[C@H](O)C(=C)O)OC(C)(C)C. The largest absolute Gasteiger partial charge is 0.510 e. The molecule has 0 rings (SSSR count). The topological polar surface area (TPSA) is 61.7 Å². The van der Waals surface area contributed by atoms with E-state index in [2.05, 4.69) is 18.5 Å². The number of ether oxygens (including phenoxy) is 1. The maximum Gasteiger partial charge on any atom is 0.179 e. The highest BCUT2D eigenvalue weighted by Crippen LogP contribution is 2.10. The van der Waals surface area contributed by atoms with Crippen LogP contribution in [0.3, 0.4) is 0 Å². The van der Waals surface area contributed by atoms with Gasteiger partial charge < -0.3 is 20.3 Å². The van der Waals surface area contributed by atoms with E-state index in [-0.39, 0.29) is 17.9 Å². The average Bonchev–Trinajstić information content (AvgIpc) is 1.96. The molecule has 0 bridgehead atoms. The Labute approximate surface area is 84.9 Å². The molecule has 0 spiro atoms. The second-order valence-corrected chi connectivity index (χ2v) is 4.03. The molecule has 0 unspecified atom stereocenters. The van der Waals surface area contributed by atoms with Crippen LogP contribution in [0.25, 0.3) is 0 Å². The molecule has 82 valence electrons. The Morgan fingerprint density at radius 1 is 1.43 bits per heavy atom. The number of hydrogen-bond donors (Lipinski definition) is 3. The van der Waals surface area contributed by atoms with E-state index in [1.165, 1.54) is 0 Å². The lowest BCUT2D eigenvalue weighted by Gasteiger charge is -2.23. The van der Waals surface area contributed by atoms with Crippen LogP contribution in [0.4, 0.5) is 0 Å². The van der Waals surface area contributed by atoms with E-state index < -0.39 is 6.10 Å². The molecule has 0 aromatic carbocycles. The molecule has 0 radical (unpaired) electrons. The predicted molar refractivity (Wildman–Crippen MR) is 55.8 cm³/mol. The zero-order valence-electron chi connectivity index (χ0n) is 9.00. The van der Waals surface area contributed by atoms with Crippen LogP contribution in [-0.2, 0) is 4.74 Å². The molecule has 1 atom stereocenters. The van der Waals surface area contributed by atoms with Crippen molar-refractivity contribution in [2.45, 2.75) is 32.5 Å². The zero-order valence-corrected chi connectivity index (χ0v) is 9.00. The van der Waals surface area contributed by atoms with E-state index >= 15 is 0 Å². The molecule has 0 saturated heterocycles. The second kappa shape index (κ2) is 4.91. The van der Waals surface area contributed by atoms with Crippen molar-refractivity contribution < 1.29 is 14.9 Å². The molecule has 0 aromatic rings. The highest BCUT2D eigenvalue weighted by Gasteiger charge is 2.13. The summed E-state index contributed by atoms with van der Waals surface area (Å²) in [4.78, 5) is 0. The summed E-state index contributed by atoms with van der Waals surface area (Å²) in [5.41, 5.74) is -0.328. The maximum atomic E-state index is 9.16. The molecule has 0 saturated carbocycles. The maximum absolute atomic E-state index is 9.16. The minimum absolute atomic E-state index is 0.129. The van der Waals surface area contributed by atoms with Crippen LogP contribution >= 0.6 is 0 Å². The van der Waals surface area contributed by atoms with Crippen molar-refractivity contribution >= 4 is 0 Å². The third-order valence-corrected chi connectivity index (χ3v) is 1.31. The molecule has 4 heteroatoms. The van der Waals surface area contributed by atoms with Gasteiger partial charge in [-0.25, -0.2) is 0 Å². The fourth-order valence-electron chi connectivity index (χ4n) is 0.734. The Morgan fingerprint density at radius 2 is 1.93 bits per heavy atom. The van der Waals surface area contributed by atoms with Crippen molar-refractivity contribution in [1.29, 1.82) is 0 Å². The molecule has 0 amide bonds. The molecule has 0 aliphatic heterocycles. The Kier molecular flexibility index (Phi) is 4.50. The zero-order chi connectivity index (χ0) is 11.4. The Bertz CT molecular complexity index is 218. The summed E-state index contributed by atoms with van der Waals surface area (Å²) in [6.45, 7) is 12.6. The van der Waals surface area contributed by atoms with E-state index in [9.17, 15) is 0 Å². The molecule has 0 aromatic heterocycles. The molecule has 0 heterocycles. The summed E-state index contributed by atoms with van der Waals surface area (Å²) < 4.78 is 5.34. The predicted octanol–water partition coefficient (Wildman–Crippen LogP) is 1.29. The lowest BCUT2D eigenvalue weighted by atomic mass is 10.2. The first-order valence-corrected chi connectivity index (χ1v) is 4.40. The smallest absolute Gasteiger partial charge is 0.179 e. The van der Waals surface area contributed by atoms with E-state index in [4.69, 9.17) is 14.9 Å². The first-order chi connectivity index (χ1) is 6.22. The van der Waals surface area contributed by atoms with Gasteiger partial charge in [-0.3, -0.25) is 0 Å². The van der Waals surface area contributed by atoms with Gasteiger partial charge in [0.15, 0.2) is 5.88 Å². The van der Waals surface area contributed by atoms with Gasteiger partial charge in [0.1, 0.15) is 17.5 Å². The van der Waals surface area contributed by atoms with Crippen molar-refractivity contribution in [2.75, 3.05) is 6.54 Å². The van der Waals surface area contributed by atoms with Crippen molar-refractivity contribution in [1.82, 2.24) is 5.32 Å². The molecule has 3 N–H and O–H groups in total. The summed E-state index contributed by atoms with van der Waals surface area (Å²) in [6, 6.07) is 0. The number of nitrogens with one attached hydrogen (secondary N) is 1. The van der Waals surface area contributed by atoms with Crippen LogP contribution in [-0.4, -0.2) is 28.5 Å². The lowest BCUT2D eigenvalue weighted by Crippen LogP contribution is -2.31. The molecular weight excluding hydrogens is 182 g/mol. The third kappa shape index (κ3) is 6.37. The third-order valence-electron chi connectivity index (χ3n) is 1.31. The number of aliphatic hydroxyl groups is 2. The van der Waals surface area contributed by atoms with Crippen LogP contribution in [0.5, 0.6) is 0 Å². The fraction of sp³-hybridized carbons (Fsp3) is 0.600. The number of rotatable bonds is 5. The highest BCUT2D eigenvalue weighted by molar-refractivity contribution is 4.93. The number of hydrogen-bond acceptors (Lipinski definition) is 4. The van der Waals surface area contributed by atoms with Crippen molar-refractivity contribution in [3.8, 4) is 0 Å². The van der Waals surface area contributed by atoms with Crippen molar-refractivity contribution in [3.05, 3.63) is 24.8 Å². The summed E-state index contributed by atoms with van der Waals surface area (Å²) in [7, 11) is 0. The quantitative estimate of drug-likeness (QED) is 0.587. The van der Waals surface area contributed by atoms with E-state index in [1.54, 1.807) is 0 Å². The Morgan fingerprint density at radius 3 is 2.29 bits per heavy atom. The molecular formula is C10H19NO3. The van der Waals surface area contributed by atoms with Crippen LogP contribution in [0.2, 0.25) is 0 Å². The van der Waals surface area contributed by atoms with Gasteiger partial charge in [0, 0.05) is 0 Å². The average molecular weight is 201 g/mol. The Balaban J connectivity index is 3.81. The van der Waals surface area contributed by atoms with E-state index in [1.807, 2.05) is 20.8 Å². The van der Waals surface area contributed by atoms with Gasteiger partial charge in [0.2, 0.25) is 0 Å². The van der Waals surface area contributed by atoms with E-state index in [0.29, 0.717) is 5.88 Å². The van der Waals surface area contributed by atoms with Crippen LogP contribution in [0, 0.1) is 0 Å². The second-order valence-electron chi connectivity index (χ2n) is 4.03. The van der Waals surface area contributed by atoms with Gasteiger partial charge >= 0.3 is 0 Å². The molecule has 0 fully saturated rings. The molecule has 4 nitrogen and oxygen atoms in total. The first-order valence-electron chi connectivity index (χ1n) is 4.40. The van der Waals surface area contributed by atoms with Gasteiger partial charge in [-0.1, -0.05) is 6.58 Å². The molecule has 0 aliphatic rings. The van der Waals surface area contributed by atoms with Gasteiger partial charge in [0.05, 0.1) is 6.54 Å². The van der Waals surface area contributed by atoms with Gasteiger partial charge in [-0.05, 0) is 27.4 Å². The van der Waals surface area contributed by atoms with Crippen molar-refractivity contribution in [2.24, 2.45) is 0 Å². The van der Waals surface area contributed by atoms with Crippen LogP contribution < -0.4 is 5.32 Å². The summed E-state index contributed by atoms with van der Waals surface area (Å²) >= 11 is 0. The summed E-state index contributed by atoms with van der Waals surface area (Å²) in [6.07, 6.45) is -1.00. The van der Waals surface area contributed by atoms with Gasteiger partial charge in [-0.2, -0.15) is 0 Å². The number of aliphatic hydroxyl groups excluding tert-OH is 2. The monoisotopic (exact) mass is 201 g/mol. The van der Waals surface area contributed by atoms with Crippen molar-refractivity contribution in [3.63, 3.8) is 0 Å². The van der Waals surface area contributed by atoms with Crippen LogP contribution in [0.15, 0.2) is 24.8 Å². The summed E-state index contributed by atoms with van der Waals surface area (Å²) in [5, 5.41) is 20.7. The first kappa shape index (κ1) is 12.8. The highest BCUT2D eigenvalue weighted by atomic mass is 16.5. The Hall–Kier alpha value is -1.16. The van der Waals surface area contributed by atoms with Crippen LogP contribution in [0.1, 0.15) is 20.8 Å². The molecule has 14 heavy (non-hydrogen) atoms. The standard InChI is InChI=1S/C10H19NO3/c1-7(12)9(13)6-11-8(2)14-10(3,4)5/h9,11-13H,1-2,6H2,3-5H3/t9-/m0/s1.